The van der Waals surface area contributed by atoms with Crippen molar-refractivity contribution >= 4 is 12.3 Å². The fourth-order valence-electron chi connectivity index (χ4n) is 1.74. The molecule has 20 heavy (non-hydrogen) atoms. The Kier molecular flexibility index (Phi) is 4.50. The van der Waals surface area contributed by atoms with Crippen LogP contribution in [0.4, 0.5) is 0 Å². The summed E-state index contributed by atoms with van der Waals surface area (Å²) in [6, 6.07) is 13.6. The van der Waals surface area contributed by atoms with Crippen molar-refractivity contribution in [3.8, 4) is 5.75 Å². The first-order valence-corrected chi connectivity index (χ1v) is 6.19. The van der Waals surface area contributed by atoms with E-state index in [2.05, 4.69) is 0 Å². The van der Waals surface area contributed by atoms with Gasteiger partial charge in [-0.3, -0.25) is 4.79 Å². The number of hydrogen-bond acceptors (Lipinski definition) is 3. The molecule has 0 unspecified atom stereocenters. The van der Waals surface area contributed by atoms with Gasteiger partial charge in [-0.1, -0.05) is 12.1 Å². The second kappa shape index (κ2) is 6.52. The van der Waals surface area contributed by atoms with Gasteiger partial charge in [-0.25, -0.2) is 4.79 Å². The van der Waals surface area contributed by atoms with Crippen LogP contribution in [0.5, 0.6) is 5.75 Å². The quantitative estimate of drug-likeness (QED) is 0.820. The lowest BCUT2D eigenvalue weighted by atomic mass is 10.1. The Balaban J connectivity index is 1.85. The maximum absolute atomic E-state index is 10.7. The smallest absolute Gasteiger partial charge is 0.335 e. The molecule has 0 atom stereocenters. The van der Waals surface area contributed by atoms with Gasteiger partial charge >= 0.3 is 5.97 Å². The Morgan fingerprint density at radius 1 is 1.05 bits per heavy atom. The first kappa shape index (κ1) is 13.8. The van der Waals surface area contributed by atoms with Crippen LogP contribution in [0.3, 0.4) is 0 Å². The number of aromatic carboxylic acids is 1. The highest BCUT2D eigenvalue weighted by Crippen LogP contribution is 2.12. The highest BCUT2D eigenvalue weighted by Gasteiger charge is 2.02. The van der Waals surface area contributed by atoms with Crippen LogP contribution in [0, 0.1) is 0 Å². The summed E-state index contributed by atoms with van der Waals surface area (Å²) < 4.78 is 5.55. The normalized spacial score (nSPS) is 10.0. The summed E-state index contributed by atoms with van der Waals surface area (Å²) in [5.41, 5.74) is 1.90. The summed E-state index contributed by atoms with van der Waals surface area (Å²) >= 11 is 0. The van der Waals surface area contributed by atoms with Gasteiger partial charge in [0.1, 0.15) is 12.0 Å². The first-order chi connectivity index (χ1) is 9.69. The molecule has 0 aliphatic carbocycles. The molecule has 0 saturated heterocycles. The molecule has 0 heterocycles. The van der Waals surface area contributed by atoms with E-state index in [1.54, 1.807) is 48.5 Å². The predicted molar refractivity (Wildman–Crippen MR) is 74.4 cm³/mol. The third kappa shape index (κ3) is 3.68. The van der Waals surface area contributed by atoms with Gasteiger partial charge < -0.3 is 9.84 Å². The lowest BCUT2D eigenvalue weighted by Gasteiger charge is -2.06. The van der Waals surface area contributed by atoms with E-state index in [1.807, 2.05) is 0 Å². The van der Waals surface area contributed by atoms with E-state index >= 15 is 0 Å². The zero-order chi connectivity index (χ0) is 14.4. The molecule has 0 spiro atoms. The number of hydrogen-bond donors (Lipinski definition) is 1. The summed E-state index contributed by atoms with van der Waals surface area (Å²) in [4.78, 5) is 21.2. The largest absolute Gasteiger partial charge is 0.493 e. The van der Waals surface area contributed by atoms with Gasteiger partial charge in [-0.05, 0) is 42.0 Å². The van der Waals surface area contributed by atoms with Crippen LogP contribution in [-0.4, -0.2) is 24.0 Å². The number of carbonyl (C=O) groups is 2. The molecule has 0 saturated carbocycles. The number of carboxylic acids is 1. The monoisotopic (exact) mass is 270 g/mol. The summed E-state index contributed by atoms with van der Waals surface area (Å²) in [6.45, 7) is 0.493. The van der Waals surface area contributed by atoms with Crippen LogP contribution < -0.4 is 4.74 Å². The molecule has 0 aromatic heterocycles. The fraction of sp³-hybridized carbons (Fsp3) is 0.125. The Bertz CT molecular complexity index is 585. The number of carboxylic acid groups (broad SMARTS) is 1. The van der Waals surface area contributed by atoms with Crippen molar-refractivity contribution in [2.75, 3.05) is 6.61 Å². The highest BCUT2D eigenvalue weighted by atomic mass is 16.5. The molecular weight excluding hydrogens is 256 g/mol. The number of rotatable bonds is 6. The molecule has 102 valence electrons. The van der Waals surface area contributed by atoms with Crippen LogP contribution in [0.25, 0.3) is 0 Å². The fourth-order valence-corrected chi connectivity index (χ4v) is 1.74. The van der Waals surface area contributed by atoms with E-state index in [0.29, 0.717) is 24.3 Å². The van der Waals surface area contributed by atoms with Gasteiger partial charge in [0.15, 0.2) is 0 Å². The number of benzene rings is 2. The van der Waals surface area contributed by atoms with Crippen molar-refractivity contribution in [3.05, 3.63) is 65.2 Å². The first-order valence-electron chi connectivity index (χ1n) is 6.19. The van der Waals surface area contributed by atoms with Gasteiger partial charge in [-0.15, -0.1) is 0 Å². The highest BCUT2D eigenvalue weighted by molar-refractivity contribution is 5.87. The van der Waals surface area contributed by atoms with Gasteiger partial charge in [0.25, 0.3) is 0 Å². The number of aldehydes is 1. The molecule has 0 amide bonds. The van der Waals surface area contributed by atoms with Crippen molar-refractivity contribution < 1.29 is 19.4 Å². The molecule has 2 aromatic rings. The minimum Gasteiger partial charge on any atom is -0.493 e. The van der Waals surface area contributed by atoms with E-state index in [-0.39, 0.29) is 5.56 Å². The van der Waals surface area contributed by atoms with Crippen molar-refractivity contribution in [1.82, 2.24) is 0 Å². The molecule has 2 rings (SSSR count). The zero-order valence-corrected chi connectivity index (χ0v) is 10.8. The van der Waals surface area contributed by atoms with Crippen molar-refractivity contribution in [2.24, 2.45) is 0 Å². The van der Waals surface area contributed by atoms with Gasteiger partial charge in [-0.2, -0.15) is 0 Å². The maximum Gasteiger partial charge on any atom is 0.335 e. The van der Waals surface area contributed by atoms with Crippen LogP contribution in [0.15, 0.2) is 48.5 Å². The Labute approximate surface area is 116 Å². The van der Waals surface area contributed by atoms with Crippen LogP contribution in [0.1, 0.15) is 26.3 Å². The van der Waals surface area contributed by atoms with Crippen molar-refractivity contribution in [3.63, 3.8) is 0 Å². The SMILES string of the molecule is O=Cc1ccc(OCCc2ccc(C(=O)O)cc2)cc1. The molecule has 0 aliphatic rings. The molecular formula is C16H14O4. The van der Waals surface area contributed by atoms with Crippen molar-refractivity contribution in [2.45, 2.75) is 6.42 Å². The molecule has 0 aliphatic heterocycles. The molecule has 4 heteroatoms. The van der Waals surface area contributed by atoms with E-state index < -0.39 is 5.97 Å². The van der Waals surface area contributed by atoms with Crippen LogP contribution >= 0.6 is 0 Å². The van der Waals surface area contributed by atoms with E-state index in [4.69, 9.17) is 9.84 Å². The Morgan fingerprint density at radius 3 is 2.25 bits per heavy atom. The second-order valence-electron chi connectivity index (χ2n) is 4.29. The Hall–Kier alpha value is -2.62. The average molecular weight is 270 g/mol. The predicted octanol–water partition coefficient (Wildman–Crippen LogP) is 2.82. The molecule has 0 fully saturated rings. The summed E-state index contributed by atoms with van der Waals surface area (Å²) in [7, 11) is 0. The second-order valence-corrected chi connectivity index (χ2v) is 4.29. The number of carbonyl (C=O) groups excluding carboxylic acids is 1. The standard InChI is InChI=1S/C16H14O4/c17-11-13-3-7-15(8-4-13)20-10-9-12-1-5-14(6-2-12)16(18)19/h1-8,11H,9-10H2,(H,18,19). The summed E-state index contributed by atoms with van der Waals surface area (Å²) in [5.74, 6) is -0.221. The van der Waals surface area contributed by atoms with E-state index in [1.165, 1.54) is 0 Å². The minimum atomic E-state index is -0.928. The van der Waals surface area contributed by atoms with E-state index in [0.717, 1.165) is 11.8 Å². The Morgan fingerprint density at radius 2 is 1.70 bits per heavy atom. The molecule has 4 nitrogen and oxygen atoms in total. The van der Waals surface area contributed by atoms with E-state index in [9.17, 15) is 9.59 Å². The number of ether oxygens (including phenoxy) is 1. The van der Waals surface area contributed by atoms with Crippen LogP contribution in [-0.2, 0) is 6.42 Å². The summed E-state index contributed by atoms with van der Waals surface area (Å²) in [6.07, 6.45) is 1.48. The lowest BCUT2D eigenvalue weighted by molar-refractivity contribution is 0.0696. The third-order valence-electron chi connectivity index (χ3n) is 2.88. The zero-order valence-electron chi connectivity index (χ0n) is 10.8. The van der Waals surface area contributed by atoms with Gasteiger partial charge in [0.2, 0.25) is 0 Å². The van der Waals surface area contributed by atoms with Crippen molar-refractivity contribution in [1.29, 1.82) is 0 Å². The third-order valence-corrected chi connectivity index (χ3v) is 2.88. The van der Waals surface area contributed by atoms with Gasteiger partial charge in [0.05, 0.1) is 12.2 Å². The topological polar surface area (TPSA) is 63.6 Å². The summed E-state index contributed by atoms with van der Waals surface area (Å²) in [5, 5.41) is 8.79. The van der Waals surface area contributed by atoms with Gasteiger partial charge in [0, 0.05) is 12.0 Å². The average Bonchev–Trinajstić information content (AvgIpc) is 2.48. The van der Waals surface area contributed by atoms with Crippen LogP contribution in [0.2, 0.25) is 0 Å². The molecule has 0 radical (unpaired) electrons. The maximum atomic E-state index is 10.7. The lowest BCUT2D eigenvalue weighted by Crippen LogP contribution is -2.02. The molecule has 2 aromatic carbocycles. The molecule has 0 bridgehead atoms. The molecule has 1 N–H and O–H groups in total. The minimum absolute atomic E-state index is 0.277.